The molecule has 2 aromatic heterocycles. The number of anilines is 1. The van der Waals surface area contributed by atoms with Crippen molar-refractivity contribution < 1.29 is 27.4 Å². The number of fused-ring (bicyclic) bond motifs is 1. The minimum Gasteiger partial charge on any atom is -0.492 e. The summed E-state index contributed by atoms with van der Waals surface area (Å²) in [5.41, 5.74) is -0.462. The van der Waals surface area contributed by atoms with Gasteiger partial charge in [0.25, 0.3) is 5.91 Å². The van der Waals surface area contributed by atoms with Crippen LogP contribution < -0.4 is 10.1 Å². The first kappa shape index (κ1) is 21.6. The molecule has 7 nitrogen and oxygen atoms in total. The molecule has 31 heavy (non-hydrogen) atoms. The molecule has 166 valence electrons. The number of morpholine rings is 1. The van der Waals surface area contributed by atoms with E-state index in [0.717, 1.165) is 48.9 Å². The third-order valence-corrected chi connectivity index (χ3v) is 6.10. The molecule has 4 rings (SSSR count). The number of carbonyl (C=O) groups is 1. The van der Waals surface area contributed by atoms with Crippen molar-refractivity contribution in [3.8, 4) is 5.75 Å². The van der Waals surface area contributed by atoms with E-state index in [4.69, 9.17) is 9.47 Å². The molecule has 1 N–H and O–H groups in total. The van der Waals surface area contributed by atoms with Crippen LogP contribution in [-0.2, 0) is 18.0 Å². The van der Waals surface area contributed by atoms with Gasteiger partial charge in [0.2, 0.25) is 0 Å². The Labute approximate surface area is 180 Å². The van der Waals surface area contributed by atoms with Crippen molar-refractivity contribution in [3.05, 3.63) is 40.9 Å². The van der Waals surface area contributed by atoms with Crippen molar-refractivity contribution in [3.63, 3.8) is 0 Å². The highest BCUT2D eigenvalue weighted by atomic mass is 32.1. The third-order valence-electron chi connectivity index (χ3n) is 4.90. The van der Waals surface area contributed by atoms with Crippen LogP contribution in [0.5, 0.6) is 5.75 Å². The summed E-state index contributed by atoms with van der Waals surface area (Å²) < 4.78 is 51.6. The fourth-order valence-corrected chi connectivity index (χ4v) is 4.27. The maximum atomic E-state index is 13.1. The summed E-state index contributed by atoms with van der Waals surface area (Å²) in [6.07, 6.45) is -4.58. The number of nitrogens with zero attached hydrogens (tertiary/aromatic N) is 3. The number of carbonyl (C=O) groups excluding carboxylic acids is 1. The van der Waals surface area contributed by atoms with E-state index in [0.29, 0.717) is 22.9 Å². The topological polar surface area (TPSA) is 68.6 Å². The SMILES string of the molecule is Cn1nc(C(F)(F)F)c2cc(C(=O)Nc3ccc(OCCN4CCOCC4)cc3)sc21. The fraction of sp³-hybridized carbons (Fsp3) is 0.400. The van der Waals surface area contributed by atoms with Crippen molar-refractivity contribution in [2.24, 2.45) is 7.05 Å². The van der Waals surface area contributed by atoms with Gasteiger partial charge in [-0.2, -0.15) is 18.3 Å². The summed E-state index contributed by atoms with van der Waals surface area (Å²) in [6, 6.07) is 8.10. The van der Waals surface area contributed by atoms with Gasteiger partial charge in [0.05, 0.1) is 18.1 Å². The van der Waals surface area contributed by atoms with E-state index in [9.17, 15) is 18.0 Å². The number of halogens is 3. The average molecular weight is 454 g/mol. The number of rotatable bonds is 6. The Morgan fingerprint density at radius 1 is 1.26 bits per heavy atom. The quantitative estimate of drug-likeness (QED) is 0.616. The van der Waals surface area contributed by atoms with Crippen molar-refractivity contribution in [1.29, 1.82) is 0 Å². The summed E-state index contributed by atoms with van der Waals surface area (Å²) in [4.78, 5) is 15.3. The standard InChI is InChI=1S/C20H21F3N4O3S/c1-26-19-15(17(25-26)20(21,22)23)12-16(31-19)18(28)24-13-2-4-14(5-3-13)30-11-8-27-6-9-29-10-7-27/h2-5,12H,6-11H2,1H3,(H,24,28). The smallest absolute Gasteiger partial charge is 0.435 e. The van der Waals surface area contributed by atoms with Crippen LogP contribution in [0.1, 0.15) is 15.4 Å². The molecular weight excluding hydrogens is 433 g/mol. The maximum absolute atomic E-state index is 13.1. The van der Waals surface area contributed by atoms with Crippen molar-refractivity contribution in [2.45, 2.75) is 6.18 Å². The number of aromatic nitrogens is 2. The highest BCUT2D eigenvalue weighted by Crippen LogP contribution is 2.37. The summed E-state index contributed by atoms with van der Waals surface area (Å²) in [5, 5.41) is 6.15. The average Bonchev–Trinajstić information content (AvgIpc) is 3.30. The second-order valence-corrected chi connectivity index (χ2v) is 8.11. The van der Waals surface area contributed by atoms with Crippen molar-refractivity contribution >= 4 is 33.1 Å². The molecule has 1 aliphatic rings. The van der Waals surface area contributed by atoms with E-state index in [1.165, 1.54) is 13.1 Å². The molecule has 0 unspecified atom stereocenters. The second-order valence-electron chi connectivity index (χ2n) is 7.08. The van der Waals surface area contributed by atoms with Crippen molar-refractivity contribution in [1.82, 2.24) is 14.7 Å². The lowest BCUT2D eigenvalue weighted by Crippen LogP contribution is -2.38. The summed E-state index contributed by atoms with van der Waals surface area (Å²) >= 11 is 0.966. The van der Waals surface area contributed by atoms with Crippen LogP contribution >= 0.6 is 11.3 Å². The van der Waals surface area contributed by atoms with Gasteiger partial charge in [-0.15, -0.1) is 11.3 Å². The van der Waals surface area contributed by atoms with Crippen LogP contribution in [0.15, 0.2) is 30.3 Å². The molecule has 0 aliphatic carbocycles. The zero-order valence-corrected chi connectivity index (χ0v) is 17.6. The molecular formula is C20H21F3N4O3S. The van der Waals surface area contributed by atoms with Gasteiger partial charge in [0, 0.05) is 37.8 Å². The minimum atomic E-state index is -4.58. The fourth-order valence-electron chi connectivity index (χ4n) is 3.31. The van der Waals surface area contributed by atoms with Gasteiger partial charge in [-0.1, -0.05) is 0 Å². The van der Waals surface area contributed by atoms with E-state index in [-0.39, 0.29) is 10.3 Å². The van der Waals surface area contributed by atoms with Crippen LogP contribution in [0, 0.1) is 0 Å². The molecule has 1 saturated heterocycles. The zero-order valence-electron chi connectivity index (χ0n) is 16.7. The predicted molar refractivity (Wildman–Crippen MR) is 111 cm³/mol. The molecule has 11 heteroatoms. The number of thiophene rings is 1. The lowest BCUT2D eigenvalue weighted by Gasteiger charge is -2.26. The molecule has 3 heterocycles. The molecule has 1 fully saturated rings. The zero-order chi connectivity index (χ0) is 22.0. The Hall–Kier alpha value is -2.63. The monoisotopic (exact) mass is 454 g/mol. The highest BCUT2D eigenvalue weighted by Gasteiger charge is 2.37. The summed E-state index contributed by atoms with van der Waals surface area (Å²) in [5.74, 6) is 0.198. The van der Waals surface area contributed by atoms with E-state index in [1.807, 2.05) is 0 Å². The number of benzene rings is 1. The van der Waals surface area contributed by atoms with Gasteiger partial charge in [0.15, 0.2) is 5.69 Å². The van der Waals surface area contributed by atoms with Gasteiger partial charge >= 0.3 is 6.18 Å². The van der Waals surface area contributed by atoms with Gasteiger partial charge in [-0.05, 0) is 30.3 Å². The summed E-state index contributed by atoms with van der Waals surface area (Å²) in [7, 11) is 1.42. The minimum absolute atomic E-state index is 0.0748. The Morgan fingerprint density at radius 3 is 2.65 bits per heavy atom. The molecule has 0 bridgehead atoms. The molecule has 0 radical (unpaired) electrons. The first-order valence-electron chi connectivity index (χ1n) is 9.69. The maximum Gasteiger partial charge on any atom is 0.435 e. The number of aryl methyl sites for hydroxylation is 1. The normalized spacial score (nSPS) is 15.4. The van der Waals surface area contributed by atoms with Gasteiger partial charge in [0.1, 0.15) is 17.2 Å². The van der Waals surface area contributed by atoms with Gasteiger partial charge in [-0.3, -0.25) is 14.4 Å². The van der Waals surface area contributed by atoms with Gasteiger partial charge in [-0.25, -0.2) is 0 Å². The van der Waals surface area contributed by atoms with Crippen LogP contribution in [0.4, 0.5) is 18.9 Å². The lowest BCUT2D eigenvalue weighted by atomic mass is 10.2. The number of amides is 1. The highest BCUT2D eigenvalue weighted by molar-refractivity contribution is 7.20. The molecule has 3 aromatic rings. The summed E-state index contributed by atoms with van der Waals surface area (Å²) in [6.45, 7) is 4.62. The molecule has 0 saturated carbocycles. The number of hydrogen-bond acceptors (Lipinski definition) is 6. The Kier molecular flexibility index (Phi) is 6.17. The largest absolute Gasteiger partial charge is 0.492 e. The van der Waals surface area contributed by atoms with E-state index < -0.39 is 17.8 Å². The molecule has 0 atom stereocenters. The lowest BCUT2D eigenvalue weighted by molar-refractivity contribution is -0.140. The van der Waals surface area contributed by atoms with Crippen LogP contribution in [0.25, 0.3) is 10.2 Å². The Morgan fingerprint density at radius 2 is 1.97 bits per heavy atom. The molecule has 1 aromatic carbocycles. The van der Waals surface area contributed by atoms with Crippen molar-refractivity contribution in [2.75, 3.05) is 44.8 Å². The van der Waals surface area contributed by atoms with E-state index >= 15 is 0 Å². The number of nitrogens with one attached hydrogen (secondary N) is 1. The van der Waals surface area contributed by atoms with E-state index in [1.54, 1.807) is 24.3 Å². The third kappa shape index (κ3) is 5.00. The Balaban J connectivity index is 1.36. The number of hydrogen-bond donors (Lipinski definition) is 1. The second kappa shape index (κ2) is 8.85. The molecule has 1 amide bonds. The van der Waals surface area contributed by atoms with Gasteiger partial charge < -0.3 is 14.8 Å². The number of alkyl halides is 3. The van der Waals surface area contributed by atoms with Crippen LogP contribution in [0.2, 0.25) is 0 Å². The first-order chi connectivity index (χ1) is 14.8. The molecule has 0 spiro atoms. The van der Waals surface area contributed by atoms with Crippen LogP contribution in [0.3, 0.4) is 0 Å². The van der Waals surface area contributed by atoms with Crippen LogP contribution in [-0.4, -0.2) is 60.0 Å². The predicted octanol–water partition coefficient (Wildman–Crippen LogP) is 3.62. The van der Waals surface area contributed by atoms with E-state index in [2.05, 4.69) is 15.3 Å². The molecule has 1 aliphatic heterocycles. The Bertz CT molecular complexity index is 1060. The first-order valence-corrected chi connectivity index (χ1v) is 10.5. The number of ether oxygens (including phenoxy) is 2.